The lowest BCUT2D eigenvalue weighted by atomic mass is 10.3. The zero-order valence-corrected chi connectivity index (χ0v) is 21.7. The van der Waals surface area contributed by atoms with E-state index in [2.05, 4.69) is 45.7 Å². The Morgan fingerprint density at radius 3 is 1.81 bits per heavy atom. The molecule has 0 aliphatic rings. The minimum Gasteiger partial charge on any atom is -0.284 e. The monoisotopic (exact) mass is 499 g/mol. The van der Waals surface area contributed by atoms with Gasteiger partial charge in [-0.15, -0.1) is 4.13 Å². The molecule has 2 aromatic carbocycles. The Kier molecular flexibility index (Phi) is 8.48. The smallest absolute Gasteiger partial charge is 0.269 e. The maximum Gasteiger partial charge on any atom is 0.269 e. The second-order valence-electron chi connectivity index (χ2n) is 8.52. The molecule has 0 saturated heterocycles. The second-order valence-corrected chi connectivity index (χ2v) is 17.7. The van der Waals surface area contributed by atoms with Crippen molar-refractivity contribution in [1.29, 1.82) is 0 Å². The third kappa shape index (κ3) is 5.69. The fourth-order valence-electron chi connectivity index (χ4n) is 4.06. The van der Waals surface area contributed by atoms with Crippen LogP contribution in [0.15, 0.2) is 62.4 Å². The molecule has 0 aliphatic heterocycles. The van der Waals surface area contributed by atoms with E-state index in [1.165, 1.54) is 24.3 Å². The van der Waals surface area contributed by atoms with Gasteiger partial charge in [-0.05, 0) is 53.0 Å². The van der Waals surface area contributed by atoms with Crippen molar-refractivity contribution in [3.05, 3.63) is 64.5 Å². The van der Waals surface area contributed by atoms with Gasteiger partial charge in [-0.1, -0.05) is 41.5 Å². The molecule has 2 rings (SSSR count). The van der Waals surface area contributed by atoms with Gasteiger partial charge in [0.25, 0.3) is 15.7 Å². The molecular weight excluding hydrogens is 469 g/mol. The van der Waals surface area contributed by atoms with Crippen LogP contribution in [0.3, 0.4) is 0 Å². The van der Waals surface area contributed by atoms with Crippen molar-refractivity contribution >= 4 is 34.8 Å². The number of hydrogen-bond donors (Lipinski definition) is 1. The molecule has 176 valence electrons. The maximum atomic E-state index is 13.6. The van der Waals surface area contributed by atoms with Crippen molar-refractivity contribution in [1.82, 2.24) is 4.13 Å². The molecule has 0 heterocycles. The van der Waals surface area contributed by atoms with Crippen LogP contribution in [0.25, 0.3) is 0 Å². The van der Waals surface area contributed by atoms with Crippen molar-refractivity contribution in [2.75, 3.05) is 0 Å². The summed E-state index contributed by atoms with van der Waals surface area (Å²) < 4.78 is 47.8. The second kappa shape index (κ2) is 10.3. The third-order valence-corrected chi connectivity index (χ3v) is 16.3. The molecule has 32 heavy (non-hydrogen) atoms. The first-order valence-corrected chi connectivity index (χ1v) is 15.2. The lowest BCUT2D eigenvalue weighted by Gasteiger charge is -2.39. The zero-order chi connectivity index (χ0) is 24.3. The van der Waals surface area contributed by atoms with E-state index in [0.29, 0.717) is 4.90 Å². The molecule has 1 N–H and O–H groups in total. The Balaban J connectivity index is 2.65. The zero-order valence-electron chi connectivity index (χ0n) is 19.1. The molecule has 1 atom stereocenters. The van der Waals surface area contributed by atoms with Gasteiger partial charge < -0.3 is 0 Å². The number of sulfonamides is 1. The van der Waals surface area contributed by atoms with Crippen LogP contribution in [0, 0.1) is 15.9 Å². The fraction of sp³-hybridized carbons (Fsp3) is 0.429. The number of nitro benzene ring substituents is 1. The fourth-order valence-corrected chi connectivity index (χ4v) is 15.2. The van der Waals surface area contributed by atoms with Crippen LogP contribution in [0.5, 0.6) is 0 Å². The molecule has 0 amide bonds. The Morgan fingerprint density at radius 1 is 0.938 bits per heavy atom. The summed E-state index contributed by atoms with van der Waals surface area (Å²) in [6.07, 6.45) is 0. The van der Waals surface area contributed by atoms with Gasteiger partial charge in [0.15, 0.2) is 8.24 Å². The van der Waals surface area contributed by atoms with Gasteiger partial charge in [0.05, 0.1) is 9.82 Å². The number of nitrogens with zero attached hydrogens (tertiary/aromatic N) is 2. The number of non-ortho nitro benzene ring substituents is 1. The van der Waals surface area contributed by atoms with Gasteiger partial charge >= 0.3 is 0 Å². The van der Waals surface area contributed by atoms with Gasteiger partial charge in [-0.2, -0.15) is 0 Å². The van der Waals surface area contributed by atoms with Gasteiger partial charge in [0, 0.05) is 27.9 Å². The minimum absolute atomic E-state index is 0.0937. The van der Waals surface area contributed by atoms with Crippen molar-refractivity contribution in [2.45, 2.75) is 68.0 Å². The van der Waals surface area contributed by atoms with Crippen molar-refractivity contribution < 1.29 is 17.7 Å². The average molecular weight is 500 g/mol. The first kappa shape index (κ1) is 26.3. The van der Waals surface area contributed by atoms with Crippen LogP contribution in [0.1, 0.15) is 41.5 Å². The number of benzene rings is 2. The summed E-state index contributed by atoms with van der Waals surface area (Å²) in [4.78, 5) is 10.8. The summed E-state index contributed by atoms with van der Waals surface area (Å²) in [7, 11) is -7.68. The maximum absolute atomic E-state index is 13.6. The highest BCUT2D eigenvalue weighted by molar-refractivity contribution is 8.03. The summed E-state index contributed by atoms with van der Waals surface area (Å²) in [5, 5.41) is 10.9. The van der Waals surface area contributed by atoms with Crippen LogP contribution in [-0.2, 0) is 20.9 Å². The lowest BCUT2D eigenvalue weighted by Crippen LogP contribution is -2.44. The molecule has 2 aromatic rings. The standard InChI is InChI=1S/C21H30FN3O4S2Si/c1-15(2)32(16(3)4,17(5)6)24-30(20-11-7-18(22)8-12-20)23-31(28,29)21-13-9-19(10-14-21)25(26)27/h7-17H,1-6H3,(H,23,24). The van der Waals surface area contributed by atoms with Crippen molar-refractivity contribution in [2.24, 2.45) is 4.03 Å². The Hall–Kier alpha value is -1.95. The highest BCUT2D eigenvalue weighted by atomic mass is 32.3. The van der Waals surface area contributed by atoms with Crippen molar-refractivity contribution in [3.8, 4) is 0 Å². The lowest BCUT2D eigenvalue weighted by molar-refractivity contribution is -0.384. The van der Waals surface area contributed by atoms with Gasteiger partial charge in [0.2, 0.25) is 0 Å². The first-order valence-electron chi connectivity index (χ1n) is 10.3. The van der Waals surface area contributed by atoms with Crippen LogP contribution >= 0.6 is 0 Å². The van der Waals surface area contributed by atoms with Gasteiger partial charge in [0.1, 0.15) is 5.82 Å². The van der Waals surface area contributed by atoms with E-state index < -0.39 is 39.9 Å². The third-order valence-electron chi connectivity index (χ3n) is 5.61. The van der Waals surface area contributed by atoms with Gasteiger partial charge in [-0.3, -0.25) is 14.1 Å². The predicted octanol–water partition coefficient (Wildman–Crippen LogP) is 5.96. The Labute approximate surface area is 193 Å². The number of hydrogen-bond acceptors (Lipinski definition) is 5. The van der Waals surface area contributed by atoms with E-state index in [9.17, 15) is 22.9 Å². The molecule has 1 unspecified atom stereocenters. The molecule has 0 radical (unpaired) electrons. The van der Waals surface area contributed by atoms with Gasteiger partial charge in [-0.25, -0.2) is 12.8 Å². The van der Waals surface area contributed by atoms with E-state index in [0.717, 1.165) is 12.1 Å². The quantitative estimate of drug-likeness (QED) is 0.261. The van der Waals surface area contributed by atoms with Crippen LogP contribution in [0.2, 0.25) is 16.6 Å². The molecule has 0 aliphatic carbocycles. The number of rotatable bonds is 9. The minimum atomic E-state index is -4.04. The SMILES string of the molecule is CC(C)[Si](N=S(NS(=O)(=O)c1ccc([N+](=O)[O-])cc1)c1ccc(F)cc1)(C(C)C)C(C)C. The molecule has 0 bridgehead atoms. The van der Waals surface area contributed by atoms with Crippen LogP contribution < -0.4 is 4.13 Å². The number of nitrogens with one attached hydrogen (secondary N) is 1. The van der Waals surface area contributed by atoms with Crippen molar-refractivity contribution in [3.63, 3.8) is 0 Å². The van der Waals surface area contributed by atoms with E-state index >= 15 is 0 Å². The summed E-state index contributed by atoms with van der Waals surface area (Å²) in [5.41, 5.74) is 0.558. The van der Waals surface area contributed by atoms with Crippen LogP contribution in [0.4, 0.5) is 10.1 Å². The highest BCUT2D eigenvalue weighted by Crippen LogP contribution is 2.43. The number of halogens is 1. The van der Waals surface area contributed by atoms with E-state index in [1.54, 1.807) is 12.1 Å². The normalized spacial score (nSPS) is 13.8. The molecule has 0 saturated carbocycles. The predicted molar refractivity (Wildman–Crippen MR) is 129 cm³/mol. The largest absolute Gasteiger partial charge is 0.284 e. The molecule has 11 heteroatoms. The molecule has 0 aromatic heterocycles. The summed E-state index contributed by atoms with van der Waals surface area (Å²) in [6, 6.07) is 10.4. The molecule has 7 nitrogen and oxygen atoms in total. The van der Waals surface area contributed by atoms with Crippen LogP contribution in [-0.4, -0.2) is 21.6 Å². The molecule has 0 fully saturated rings. The van der Waals surface area contributed by atoms with E-state index in [1.807, 2.05) is 0 Å². The topological polar surface area (TPSA) is 102 Å². The molecular formula is C21H30FN3O4S2Si. The summed E-state index contributed by atoms with van der Waals surface area (Å²) in [6.45, 7) is 12.7. The first-order chi connectivity index (χ1) is 14.8. The molecule has 0 spiro atoms. The highest BCUT2D eigenvalue weighted by Gasteiger charge is 2.44. The average Bonchev–Trinajstić information content (AvgIpc) is 2.70. The van der Waals surface area contributed by atoms with E-state index in [4.69, 9.17) is 4.03 Å². The van der Waals surface area contributed by atoms with E-state index in [-0.39, 0.29) is 27.2 Å². The summed E-state index contributed by atoms with van der Waals surface area (Å²) in [5.74, 6) is -0.421. The Morgan fingerprint density at radius 2 is 1.41 bits per heavy atom. The Bertz CT molecular complexity index is 1070. The summed E-state index contributed by atoms with van der Waals surface area (Å²) >= 11 is 0. The number of nitro groups is 1.